The molecule has 0 atom stereocenters. The van der Waals surface area contributed by atoms with E-state index >= 15 is 0 Å². The van der Waals surface area contributed by atoms with E-state index in [0.29, 0.717) is 12.2 Å². The number of hydrogen-bond acceptors (Lipinski definition) is 3. The quantitative estimate of drug-likeness (QED) is 0.774. The molecule has 0 aliphatic rings. The second-order valence-corrected chi connectivity index (χ2v) is 4.02. The fourth-order valence-electron chi connectivity index (χ4n) is 1.73. The Bertz CT molecular complexity index is 564. The first-order chi connectivity index (χ1) is 8.70. The molecule has 1 aromatic carbocycles. The van der Waals surface area contributed by atoms with Gasteiger partial charge >= 0.3 is 5.97 Å². The summed E-state index contributed by atoms with van der Waals surface area (Å²) in [6.07, 6.45) is 1.63. The van der Waals surface area contributed by atoms with Crippen molar-refractivity contribution in [1.29, 1.82) is 0 Å². The first-order valence-electron chi connectivity index (χ1n) is 5.91. The molecule has 1 heterocycles. The predicted molar refractivity (Wildman–Crippen MR) is 70.4 cm³/mol. The molecule has 2 aromatic rings. The lowest BCUT2D eigenvalue weighted by Crippen LogP contribution is -2.04. The molecule has 0 unspecified atom stereocenters. The summed E-state index contributed by atoms with van der Waals surface area (Å²) in [5.41, 5.74) is 3.48. The maximum absolute atomic E-state index is 11.6. The summed E-state index contributed by atoms with van der Waals surface area (Å²) in [7, 11) is 0. The van der Waals surface area contributed by atoms with Crippen LogP contribution >= 0.6 is 0 Å². The van der Waals surface area contributed by atoms with E-state index in [9.17, 15) is 4.79 Å². The maximum Gasteiger partial charge on any atom is 0.338 e. The molecule has 0 fully saturated rings. The Labute approximate surface area is 106 Å². The standard InChI is InChI=1S/C15H15NO2/c1-3-18-15(17)13-7-8-16-14(10-13)12-6-4-5-11(2)9-12/h4-10H,3H2,1-2H3. The Morgan fingerprint density at radius 1 is 1.28 bits per heavy atom. The van der Waals surface area contributed by atoms with Crippen LogP contribution in [0.2, 0.25) is 0 Å². The Hall–Kier alpha value is -2.16. The summed E-state index contributed by atoms with van der Waals surface area (Å²) in [6.45, 7) is 4.19. The fraction of sp³-hybridized carbons (Fsp3) is 0.200. The summed E-state index contributed by atoms with van der Waals surface area (Å²) in [6, 6.07) is 11.4. The number of benzene rings is 1. The molecule has 3 heteroatoms. The summed E-state index contributed by atoms with van der Waals surface area (Å²) < 4.78 is 4.98. The Morgan fingerprint density at radius 2 is 2.11 bits per heavy atom. The predicted octanol–water partition coefficient (Wildman–Crippen LogP) is 3.23. The van der Waals surface area contributed by atoms with Crippen molar-refractivity contribution in [2.45, 2.75) is 13.8 Å². The lowest BCUT2D eigenvalue weighted by atomic mass is 10.1. The largest absolute Gasteiger partial charge is 0.462 e. The van der Waals surface area contributed by atoms with Crippen LogP contribution in [-0.4, -0.2) is 17.6 Å². The van der Waals surface area contributed by atoms with Crippen molar-refractivity contribution < 1.29 is 9.53 Å². The Balaban J connectivity index is 2.35. The molecule has 18 heavy (non-hydrogen) atoms. The first kappa shape index (κ1) is 12.3. The number of ether oxygens (including phenoxy) is 1. The average Bonchev–Trinajstić information content (AvgIpc) is 2.39. The fourth-order valence-corrected chi connectivity index (χ4v) is 1.73. The molecule has 0 saturated heterocycles. The number of rotatable bonds is 3. The van der Waals surface area contributed by atoms with Crippen LogP contribution in [0.5, 0.6) is 0 Å². The molecule has 0 amide bonds. The Morgan fingerprint density at radius 3 is 2.83 bits per heavy atom. The van der Waals surface area contributed by atoms with Crippen molar-refractivity contribution in [2.75, 3.05) is 6.61 Å². The van der Waals surface area contributed by atoms with Crippen LogP contribution in [0.3, 0.4) is 0 Å². The molecule has 0 bridgehead atoms. The molecule has 0 saturated carbocycles. The van der Waals surface area contributed by atoms with Gasteiger partial charge in [0.1, 0.15) is 0 Å². The molecule has 2 rings (SSSR count). The van der Waals surface area contributed by atoms with Crippen LogP contribution in [0.1, 0.15) is 22.8 Å². The molecular formula is C15H15NO2. The lowest BCUT2D eigenvalue weighted by molar-refractivity contribution is 0.0526. The van der Waals surface area contributed by atoms with Gasteiger partial charge in [-0.15, -0.1) is 0 Å². The van der Waals surface area contributed by atoms with Gasteiger partial charge in [0, 0.05) is 11.8 Å². The number of pyridine rings is 1. The van der Waals surface area contributed by atoms with E-state index in [1.54, 1.807) is 25.3 Å². The van der Waals surface area contributed by atoms with Crippen LogP contribution in [0.4, 0.5) is 0 Å². The van der Waals surface area contributed by atoms with Gasteiger partial charge in [-0.1, -0.05) is 23.8 Å². The normalized spacial score (nSPS) is 10.1. The van der Waals surface area contributed by atoms with Gasteiger partial charge in [-0.2, -0.15) is 0 Å². The van der Waals surface area contributed by atoms with Gasteiger partial charge < -0.3 is 4.74 Å². The van der Waals surface area contributed by atoms with Crippen LogP contribution < -0.4 is 0 Å². The molecule has 0 N–H and O–H groups in total. The smallest absolute Gasteiger partial charge is 0.338 e. The van der Waals surface area contributed by atoms with E-state index in [2.05, 4.69) is 4.98 Å². The monoisotopic (exact) mass is 241 g/mol. The molecule has 3 nitrogen and oxygen atoms in total. The second kappa shape index (κ2) is 5.45. The number of carbonyl (C=O) groups excluding carboxylic acids is 1. The summed E-state index contributed by atoms with van der Waals surface area (Å²) in [5.74, 6) is -0.311. The summed E-state index contributed by atoms with van der Waals surface area (Å²) in [5, 5.41) is 0. The zero-order valence-electron chi connectivity index (χ0n) is 10.5. The average molecular weight is 241 g/mol. The highest BCUT2D eigenvalue weighted by atomic mass is 16.5. The van der Waals surface area contributed by atoms with Crippen molar-refractivity contribution >= 4 is 5.97 Å². The number of esters is 1. The summed E-state index contributed by atoms with van der Waals surface area (Å²) >= 11 is 0. The molecule has 1 aromatic heterocycles. The van der Waals surface area contributed by atoms with E-state index in [4.69, 9.17) is 4.74 Å². The van der Waals surface area contributed by atoms with Crippen molar-refractivity contribution in [2.24, 2.45) is 0 Å². The van der Waals surface area contributed by atoms with E-state index < -0.39 is 0 Å². The molecule has 0 aliphatic heterocycles. The third kappa shape index (κ3) is 2.74. The highest BCUT2D eigenvalue weighted by Gasteiger charge is 2.08. The molecule has 92 valence electrons. The minimum atomic E-state index is -0.311. The van der Waals surface area contributed by atoms with Crippen LogP contribution in [-0.2, 0) is 4.74 Å². The highest BCUT2D eigenvalue weighted by molar-refractivity contribution is 5.90. The van der Waals surface area contributed by atoms with E-state index in [0.717, 1.165) is 16.8 Å². The van der Waals surface area contributed by atoms with Crippen molar-refractivity contribution in [3.05, 3.63) is 53.7 Å². The first-order valence-corrected chi connectivity index (χ1v) is 5.91. The van der Waals surface area contributed by atoms with Crippen LogP contribution in [0.15, 0.2) is 42.6 Å². The number of carbonyl (C=O) groups is 1. The zero-order chi connectivity index (χ0) is 13.0. The third-order valence-electron chi connectivity index (χ3n) is 2.58. The van der Waals surface area contributed by atoms with Crippen LogP contribution in [0, 0.1) is 6.92 Å². The van der Waals surface area contributed by atoms with Gasteiger partial charge in [0.2, 0.25) is 0 Å². The molecular weight excluding hydrogens is 226 g/mol. The summed E-state index contributed by atoms with van der Waals surface area (Å²) in [4.78, 5) is 15.9. The van der Waals surface area contributed by atoms with E-state index in [-0.39, 0.29) is 5.97 Å². The van der Waals surface area contributed by atoms with Gasteiger partial charge in [-0.25, -0.2) is 4.79 Å². The molecule has 0 radical (unpaired) electrons. The van der Waals surface area contributed by atoms with Crippen molar-refractivity contribution in [1.82, 2.24) is 4.98 Å². The third-order valence-corrected chi connectivity index (χ3v) is 2.58. The topological polar surface area (TPSA) is 39.2 Å². The van der Waals surface area contributed by atoms with Gasteiger partial charge in [0.15, 0.2) is 0 Å². The zero-order valence-corrected chi connectivity index (χ0v) is 10.5. The van der Waals surface area contributed by atoms with Crippen molar-refractivity contribution in [3.63, 3.8) is 0 Å². The molecule has 0 spiro atoms. The number of aromatic nitrogens is 1. The van der Waals surface area contributed by atoms with Gasteiger partial charge in [0.25, 0.3) is 0 Å². The molecule has 0 aliphatic carbocycles. The SMILES string of the molecule is CCOC(=O)c1ccnc(-c2cccc(C)c2)c1. The van der Waals surface area contributed by atoms with Gasteiger partial charge in [-0.05, 0) is 32.0 Å². The number of aryl methyl sites for hydroxylation is 1. The van der Waals surface area contributed by atoms with Gasteiger partial charge in [0.05, 0.1) is 17.9 Å². The van der Waals surface area contributed by atoms with Crippen molar-refractivity contribution in [3.8, 4) is 11.3 Å². The second-order valence-electron chi connectivity index (χ2n) is 4.02. The van der Waals surface area contributed by atoms with E-state index in [1.807, 2.05) is 31.2 Å². The van der Waals surface area contributed by atoms with E-state index in [1.165, 1.54) is 0 Å². The number of nitrogens with zero attached hydrogens (tertiary/aromatic N) is 1. The van der Waals surface area contributed by atoms with Crippen LogP contribution in [0.25, 0.3) is 11.3 Å². The Kier molecular flexibility index (Phi) is 3.72. The minimum Gasteiger partial charge on any atom is -0.462 e. The minimum absolute atomic E-state index is 0.311. The number of hydrogen-bond donors (Lipinski definition) is 0. The van der Waals surface area contributed by atoms with Gasteiger partial charge in [-0.3, -0.25) is 4.98 Å². The highest BCUT2D eigenvalue weighted by Crippen LogP contribution is 2.19. The maximum atomic E-state index is 11.6. The lowest BCUT2D eigenvalue weighted by Gasteiger charge is -2.05.